The van der Waals surface area contributed by atoms with Crippen molar-refractivity contribution in [2.45, 2.75) is 31.6 Å². The van der Waals surface area contributed by atoms with Crippen molar-refractivity contribution in [3.63, 3.8) is 0 Å². The second kappa shape index (κ2) is 9.98. The van der Waals surface area contributed by atoms with Gasteiger partial charge in [-0.05, 0) is 31.0 Å². The van der Waals surface area contributed by atoms with Gasteiger partial charge in [0.05, 0.1) is 10.5 Å². The van der Waals surface area contributed by atoms with Gasteiger partial charge in [0.15, 0.2) is 0 Å². The van der Waals surface area contributed by atoms with E-state index in [9.17, 15) is 13.2 Å². The van der Waals surface area contributed by atoms with Gasteiger partial charge in [-0.15, -0.1) is 10.2 Å². The van der Waals surface area contributed by atoms with Crippen LogP contribution < -0.4 is 10.2 Å². The summed E-state index contributed by atoms with van der Waals surface area (Å²) >= 11 is 1.27. The van der Waals surface area contributed by atoms with Crippen LogP contribution >= 0.6 is 11.3 Å². The molecule has 1 aliphatic rings. The normalized spacial score (nSPS) is 14.1. The molecule has 1 aromatic heterocycles. The zero-order chi connectivity index (χ0) is 23.4. The molecule has 0 unspecified atom stereocenters. The smallest absolute Gasteiger partial charge is 0.259 e. The maximum absolute atomic E-state index is 13.3. The predicted molar refractivity (Wildman–Crippen MR) is 131 cm³/mol. The summed E-state index contributed by atoms with van der Waals surface area (Å²) in [5, 5.41) is 12.2. The van der Waals surface area contributed by atoms with Gasteiger partial charge < -0.3 is 4.90 Å². The van der Waals surface area contributed by atoms with Crippen LogP contribution in [-0.2, 0) is 10.0 Å². The molecule has 10 heteroatoms. The van der Waals surface area contributed by atoms with Crippen molar-refractivity contribution in [2.24, 2.45) is 0 Å². The van der Waals surface area contributed by atoms with Crippen LogP contribution in [0.5, 0.6) is 0 Å². The average Bonchev–Trinajstić information content (AvgIpc) is 3.52. The Balaban J connectivity index is 1.67. The molecule has 1 amide bonds. The molecule has 0 aliphatic carbocycles. The Morgan fingerprint density at radius 3 is 2.42 bits per heavy atom. The van der Waals surface area contributed by atoms with Crippen LogP contribution in [0.3, 0.4) is 0 Å². The van der Waals surface area contributed by atoms with E-state index in [1.54, 1.807) is 26.0 Å². The highest BCUT2D eigenvalue weighted by molar-refractivity contribution is 7.89. The van der Waals surface area contributed by atoms with Crippen molar-refractivity contribution >= 4 is 38.1 Å². The zero-order valence-corrected chi connectivity index (χ0v) is 20.3. The van der Waals surface area contributed by atoms with Gasteiger partial charge in [0, 0.05) is 37.4 Å². The van der Waals surface area contributed by atoms with E-state index in [0.29, 0.717) is 28.8 Å². The molecular weight excluding hydrogens is 458 g/mol. The van der Waals surface area contributed by atoms with Crippen LogP contribution in [-0.4, -0.2) is 55.0 Å². The van der Waals surface area contributed by atoms with Crippen LogP contribution in [0.2, 0.25) is 0 Å². The molecule has 1 fully saturated rings. The highest BCUT2D eigenvalue weighted by Crippen LogP contribution is 2.31. The molecular formula is C23H27N5O3S2. The third-order valence-corrected chi connectivity index (χ3v) is 8.60. The largest absolute Gasteiger partial charge is 0.371 e. The number of benzene rings is 2. The Morgan fingerprint density at radius 2 is 1.76 bits per heavy atom. The summed E-state index contributed by atoms with van der Waals surface area (Å²) in [6.07, 6.45) is 2.08. The monoisotopic (exact) mass is 485 g/mol. The first-order valence-corrected chi connectivity index (χ1v) is 13.3. The Bertz CT molecular complexity index is 1220. The fourth-order valence-electron chi connectivity index (χ4n) is 3.94. The van der Waals surface area contributed by atoms with Crippen LogP contribution in [0.4, 0.5) is 10.8 Å². The lowest BCUT2D eigenvalue weighted by Crippen LogP contribution is -2.31. The number of anilines is 2. The number of nitrogens with one attached hydrogen (secondary N) is 1. The molecule has 0 radical (unpaired) electrons. The molecule has 8 nitrogen and oxygen atoms in total. The van der Waals surface area contributed by atoms with Gasteiger partial charge in [-0.25, -0.2) is 8.42 Å². The van der Waals surface area contributed by atoms with Crippen LogP contribution in [0.25, 0.3) is 10.6 Å². The fraction of sp³-hybridized carbons (Fsp3) is 0.348. The molecule has 0 saturated carbocycles. The van der Waals surface area contributed by atoms with Gasteiger partial charge in [-0.3, -0.25) is 10.1 Å². The number of carbonyl (C=O) groups is 1. The van der Waals surface area contributed by atoms with E-state index in [-0.39, 0.29) is 4.90 Å². The number of aromatic nitrogens is 2. The highest BCUT2D eigenvalue weighted by atomic mass is 32.2. The van der Waals surface area contributed by atoms with Crippen molar-refractivity contribution in [3.05, 3.63) is 54.1 Å². The second-order valence-electron chi connectivity index (χ2n) is 7.69. The minimum Gasteiger partial charge on any atom is -0.371 e. The van der Waals surface area contributed by atoms with Gasteiger partial charge in [0.1, 0.15) is 5.01 Å². The summed E-state index contributed by atoms with van der Waals surface area (Å²) < 4.78 is 27.5. The number of amides is 1. The molecule has 0 spiro atoms. The summed E-state index contributed by atoms with van der Waals surface area (Å²) in [7, 11) is -3.69. The standard InChI is InChI=1S/C23H27N5O3S2/c1-3-28(4-2)33(30,31)18-12-13-20(27-14-8-9-15-27)19(16-18)21(29)24-23-26-25-22(32-23)17-10-6-5-7-11-17/h5-7,10-13,16H,3-4,8-9,14-15H2,1-2H3,(H,24,26,29). The quantitative estimate of drug-likeness (QED) is 0.516. The third-order valence-electron chi connectivity index (χ3n) is 5.67. The SMILES string of the molecule is CCN(CC)S(=O)(=O)c1ccc(N2CCCC2)c(C(=O)Nc2nnc(-c3ccccc3)s2)c1. The summed E-state index contributed by atoms with van der Waals surface area (Å²) in [6.45, 7) is 5.99. The summed E-state index contributed by atoms with van der Waals surface area (Å²) in [6, 6.07) is 14.4. The molecule has 1 aliphatic heterocycles. The molecule has 0 bridgehead atoms. The first kappa shape index (κ1) is 23.3. The van der Waals surface area contributed by atoms with Crippen LogP contribution in [0.1, 0.15) is 37.0 Å². The minimum absolute atomic E-state index is 0.113. The van der Waals surface area contributed by atoms with Crippen molar-refractivity contribution in [1.29, 1.82) is 0 Å². The van der Waals surface area contributed by atoms with Gasteiger partial charge in [-0.2, -0.15) is 4.31 Å². The fourth-order valence-corrected chi connectivity index (χ4v) is 6.17. The molecule has 174 valence electrons. The van der Waals surface area contributed by atoms with Crippen LogP contribution in [0, 0.1) is 0 Å². The predicted octanol–water partition coefficient (Wildman–Crippen LogP) is 4.09. The van der Waals surface area contributed by atoms with Gasteiger partial charge in [0.2, 0.25) is 15.2 Å². The third kappa shape index (κ3) is 4.92. The van der Waals surface area contributed by atoms with Gasteiger partial charge in [0.25, 0.3) is 5.91 Å². The molecule has 1 N–H and O–H groups in total. The van der Waals surface area contributed by atoms with E-state index in [1.165, 1.54) is 21.7 Å². The first-order chi connectivity index (χ1) is 15.9. The minimum atomic E-state index is -3.69. The number of sulfonamides is 1. The maximum Gasteiger partial charge on any atom is 0.259 e. The van der Waals surface area contributed by atoms with Crippen LogP contribution in [0.15, 0.2) is 53.4 Å². The lowest BCUT2D eigenvalue weighted by atomic mass is 10.1. The van der Waals surface area contributed by atoms with E-state index in [4.69, 9.17) is 0 Å². The lowest BCUT2D eigenvalue weighted by molar-refractivity contribution is 0.102. The molecule has 4 rings (SSSR count). The van der Waals surface area contributed by atoms with Crippen molar-refractivity contribution < 1.29 is 13.2 Å². The van der Waals surface area contributed by atoms with Crippen molar-refractivity contribution in [2.75, 3.05) is 36.4 Å². The lowest BCUT2D eigenvalue weighted by Gasteiger charge is -2.23. The Labute approximate surface area is 198 Å². The second-order valence-corrected chi connectivity index (χ2v) is 10.6. The Kier molecular flexibility index (Phi) is 7.06. The molecule has 2 heterocycles. The topological polar surface area (TPSA) is 95.5 Å². The summed E-state index contributed by atoms with van der Waals surface area (Å²) in [5.74, 6) is -0.399. The number of nitrogens with zero attached hydrogens (tertiary/aromatic N) is 4. The number of hydrogen-bond acceptors (Lipinski definition) is 7. The average molecular weight is 486 g/mol. The summed E-state index contributed by atoms with van der Waals surface area (Å²) in [4.78, 5) is 15.6. The Hall–Kier alpha value is -2.82. The first-order valence-electron chi connectivity index (χ1n) is 11.0. The highest BCUT2D eigenvalue weighted by Gasteiger charge is 2.27. The van der Waals surface area contributed by atoms with E-state index in [1.807, 2.05) is 30.3 Å². The van der Waals surface area contributed by atoms with Gasteiger partial charge in [-0.1, -0.05) is 55.5 Å². The molecule has 2 aromatic carbocycles. The van der Waals surface area contributed by atoms with E-state index in [2.05, 4.69) is 20.4 Å². The van der Waals surface area contributed by atoms with Crippen molar-refractivity contribution in [1.82, 2.24) is 14.5 Å². The Morgan fingerprint density at radius 1 is 1.06 bits per heavy atom. The molecule has 3 aromatic rings. The number of rotatable bonds is 8. The zero-order valence-electron chi connectivity index (χ0n) is 18.7. The number of carbonyl (C=O) groups excluding carboxylic acids is 1. The summed E-state index contributed by atoms with van der Waals surface area (Å²) in [5.41, 5.74) is 1.97. The molecule has 1 saturated heterocycles. The van der Waals surface area contributed by atoms with E-state index in [0.717, 1.165) is 37.2 Å². The number of hydrogen-bond donors (Lipinski definition) is 1. The van der Waals surface area contributed by atoms with Crippen molar-refractivity contribution in [3.8, 4) is 10.6 Å². The van der Waals surface area contributed by atoms with Gasteiger partial charge >= 0.3 is 0 Å². The van der Waals surface area contributed by atoms with E-state index < -0.39 is 15.9 Å². The molecule has 0 atom stereocenters. The molecule has 33 heavy (non-hydrogen) atoms. The maximum atomic E-state index is 13.3. The van der Waals surface area contributed by atoms with E-state index >= 15 is 0 Å².